The Bertz CT molecular complexity index is 1800. The molecule has 4 rings (SSSR count). The molecule has 0 heterocycles. The first-order valence-electron chi connectivity index (χ1n) is 14.8. The molecule has 1 N–H and O–H groups in total. The van der Waals surface area contributed by atoms with E-state index in [1.807, 2.05) is 25.1 Å². The molecule has 0 spiro atoms. The van der Waals surface area contributed by atoms with Gasteiger partial charge in [0.25, 0.3) is 10.0 Å². The van der Waals surface area contributed by atoms with Crippen molar-refractivity contribution in [1.82, 2.24) is 10.2 Å². The summed E-state index contributed by atoms with van der Waals surface area (Å²) in [5.74, 6) is -1.26. The molecule has 0 radical (unpaired) electrons. The van der Waals surface area contributed by atoms with Crippen molar-refractivity contribution in [3.05, 3.63) is 130 Å². The average molecular weight is 686 g/mol. The Kier molecular flexibility index (Phi) is 11.4. The van der Waals surface area contributed by atoms with Gasteiger partial charge in [-0.2, -0.15) is 13.2 Å². The summed E-state index contributed by atoms with van der Waals surface area (Å²) < 4.78 is 70.6. The first-order chi connectivity index (χ1) is 22.2. The van der Waals surface area contributed by atoms with Crippen LogP contribution in [0.15, 0.2) is 102 Å². The van der Waals surface area contributed by atoms with E-state index in [0.29, 0.717) is 15.9 Å². The maximum absolute atomic E-state index is 14.4. The Balaban J connectivity index is 1.85. The molecule has 12 heteroatoms. The Labute approximate surface area is 278 Å². The fourth-order valence-electron chi connectivity index (χ4n) is 4.99. The Morgan fingerprint density at radius 1 is 0.851 bits per heavy atom. The summed E-state index contributed by atoms with van der Waals surface area (Å²) in [6.45, 7) is 4.69. The highest BCUT2D eigenvalue weighted by Crippen LogP contribution is 2.38. The number of sulfonamides is 1. The van der Waals surface area contributed by atoms with Crippen LogP contribution in [0.3, 0.4) is 0 Å². The summed E-state index contributed by atoms with van der Waals surface area (Å²) in [7, 11) is -4.59. The van der Waals surface area contributed by atoms with Gasteiger partial charge in [0.1, 0.15) is 12.6 Å². The number of likely N-dealkylation sites (N-methyl/N-ethyl adjacent to an activating group) is 1. The van der Waals surface area contributed by atoms with E-state index in [0.717, 1.165) is 28.8 Å². The van der Waals surface area contributed by atoms with Crippen molar-refractivity contribution in [2.45, 2.75) is 50.9 Å². The summed E-state index contributed by atoms with van der Waals surface area (Å²) in [5.41, 5.74) is 1.48. The number of hydrogen-bond donors (Lipinski definition) is 1. The number of rotatable bonds is 12. The van der Waals surface area contributed by atoms with Crippen LogP contribution in [0.1, 0.15) is 34.7 Å². The minimum atomic E-state index is -4.90. The molecule has 0 saturated heterocycles. The minimum absolute atomic E-state index is 0.0689. The maximum Gasteiger partial charge on any atom is 0.417 e. The molecule has 47 heavy (non-hydrogen) atoms. The minimum Gasteiger partial charge on any atom is -0.355 e. The van der Waals surface area contributed by atoms with E-state index in [9.17, 15) is 31.2 Å². The molecule has 7 nitrogen and oxygen atoms in total. The van der Waals surface area contributed by atoms with Crippen molar-refractivity contribution in [3.63, 3.8) is 0 Å². The average Bonchev–Trinajstić information content (AvgIpc) is 3.03. The first-order valence-corrected chi connectivity index (χ1v) is 16.6. The monoisotopic (exact) mass is 685 g/mol. The predicted molar refractivity (Wildman–Crippen MR) is 177 cm³/mol. The van der Waals surface area contributed by atoms with Crippen molar-refractivity contribution >= 4 is 39.1 Å². The van der Waals surface area contributed by atoms with Gasteiger partial charge < -0.3 is 10.2 Å². The highest BCUT2D eigenvalue weighted by Gasteiger charge is 2.37. The smallest absolute Gasteiger partial charge is 0.355 e. The maximum atomic E-state index is 14.4. The summed E-state index contributed by atoms with van der Waals surface area (Å²) in [6, 6.07) is 23.6. The van der Waals surface area contributed by atoms with E-state index in [-0.39, 0.29) is 24.4 Å². The van der Waals surface area contributed by atoms with Crippen LogP contribution < -0.4 is 9.62 Å². The molecule has 0 bridgehead atoms. The molecular weight excluding hydrogens is 651 g/mol. The van der Waals surface area contributed by atoms with Crippen LogP contribution in [0.4, 0.5) is 18.9 Å². The van der Waals surface area contributed by atoms with Gasteiger partial charge >= 0.3 is 6.18 Å². The number of anilines is 1. The number of halogens is 4. The largest absolute Gasteiger partial charge is 0.417 e. The molecule has 0 saturated carbocycles. The summed E-state index contributed by atoms with van der Waals surface area (Å²) in [5, 5.41) is 2.14. The van der Waals surface area contributed by atoms with Gasteiger partial charge in [0.2, 0.25) is 11.8 Å². The SMILES string of the molecule is CCNC(=O)C(Cc1ccccc1)N(Cc1ccc(C)cc1)C(=O)CN(c1ccc(Cl)c(C(F)(F)F)c1)S(=O)(=O)c1ccc(C)cc1. The van der Waals surface area contributed by atoms with Crippen LogP contribution in [-0.4, -0.2) is 44.3 Å². The van der Waals surface area contributed by atoms with Crippen LogP contribution in [0.2, 0.25) is 5.02 Å². The lowest BCUT2D eigenvalue weighted by Gasteiger charge is -2.34. The number of alkyl halides is 3. The third-order valence-corrected chi connectivity index (χ3v) is 9.64. The second kappa shape index (κ2) is 15.0. The van der Waals surface area contributed by atoms with Crippen LogP contribution in [0, 0.1) is 13.8 Å². The van der Waals surface area contributed by atoms with Crippen molar-refractivity contribution in [2.75, 3.05) is 17.4 Å². The van der Waals surface area contributed by atoms with E-state index in [1.165, 1.54) is 17.0 Å². The standard InChI is InChI=1S/C35H35ClF3N3O4S/c1-4-40-34(44)32(20-26-8-6-5-7-9-26)41(22-27-14-10-24(2)11-15-27)33(43)23-42(47(45,46)29-17-12-25(3)13-18-29)28-16-19-31(36)30(21-28)35(37,38)39/h5-19,21,32H,4,20,22-23H2,1-3H3,(H,40,44). The lowest BCUT2D eigenvalue weighted by molar-refractivity contribution is -0.140. The highest BCUT2D eigenvalue weighted by molar-refractivity contribution is 7.92. The zero-order valence-corrected chi connectivity index (χ0v) is 27.7. The van der Waals surface area contributed by atoms with Gasteiger partial charge in [-0.25, -0.2) is 8.42 Å². The predicted octanol–water partition coefficient (Wildman–Crippen LogP) is 6.95. The van der Waals surface area contributed by atoms with Gasteiger partial charge in [-0.15, -0.1) is 0 Å². The Morgan fingerprint density at radius 3 is 2.02 bits per heavy atom. The molecule has 1 unspecified atom stereocenters. The first kappa shape index (κ1) is 35.5. The molecule has 248 valence electrons. The fourth-order valence-corrected chi connectivity index (χ4v) is 6.62. The van der Waals surface area contributed by atoms with Crippen LogP contribution in [-0.2, 0) is 38.8 Å². The second-order valence-corrected chi connectivity index (χ2v) is 13.4. The number of amides is 2. The Hall–Kier alpha value is -4.35. The van der Waals surface area contributed by atoms with Gasteiger partial charge in [0.15, 0.2) is 0 Å². The highest BCUT2D eigenvalue weighted by atomic mass is 35.5. The third-order valence-electron chi connectivity index (χ3n) is 7.53. The van der Waals surface area contributed by atoms with Crippen molar-refractivity contribution in [2.24, 2.45) is 0 Å². The molecule has 2 amide bonds. The molecule has 0 aliphatic carbocycles. The molecule has 0 aliphatic rings. The molecule has 0 fully saturated rings. The van der Waals surface area contributed by atoms with E-state index >= 15 is 0 Å². The van der Waals surface area contributed by atoms with Crippen LogP contribution >= 0.6 is 11.6 Å². The number of nitrogens with one attached hydrogen (secondary N) is 1. The number of aryl methyl sites for hydroxylation is 2. The molecule has 0 aliphatic heterocycles. The quantitative estimate of drug-likeness (QED) is 0.175. The van der Waals surface area contributed by atoms with E-state index < -0.39 is 56.9 Å². The van der Waals surface area contributed by atoms with E-state index in [1.54, 1.807) is 62.4 Å². The van der Waals surface area contributed by atoms with Crippen molar-refractivity contribution in [3.8, 4) is 0 Å². The number of hydrogen-bond acceptors (Lipinski definition) is 4. The fraction of sp³-hybridized carbons (Fsp3) is 0.257. The van der Waals surface area contributed by atoms with Crippen LogP contribution in [0.25, 0.3) is 0 Å². The number of carbonyl (C=O) groups excluding carboxylic acids is 2. The number of carbonyl (C=O) groups is 2. The number of nitrogens with zero attached hydrogens (tertiary/aromatic N) is 2. The zero-order valence-electron chi connectivity index (χ0n) is 26.1. The van der Waals surface area contributed by atoms with E-state index in [2.05, 4.69) is 5.32 Å². The molecular formula is C35H35ClF3N3O4S. The second-order valence-electron chi connectivity index (χ2n) is 11.1. The van der Waals surface area contributed by atoms with Gasteiger partial charge in [0.05, 0.1) is 21.2 Å². The lowest BCUT2D eigenvalue weighted by Crippen LogP contribution is -2.53. The van der Waals surface area contributed by atoms with Gasteiger partial charge in [-0.1, -0.05) is 89.5 Å². The van der Waals surface area contributed by atoms with Crippen molar-refractivity contribution in [1.29, 1.82) is 0 Å². The lowest BCUT2D eigenvalue weighted by atomic mass is 10.0. The van der Waals surface area contributed by atoms with E-state index in [4.69, 9.17) is 11.6 Å². The summed E-state index contributed by atoms with van der Waals surface area (Å²) in [6.07, 6.45) is -4.79. The topological polar surface area (TPSA) is 86.8 Å². The molecule has 4 aromatic rings. The Morgan fingerprint density at radius 2 is 1.45 bits per heavy atom. The van der Waals surface area contributed by atoms with Crippen LogP contribution in [0.5, 0.6) is 0 Å². The summed E-state index contributed by atoms with van der Waals surface area (Å²) >= 11 is 5.87. The molecule has 1 atom stereocenters. The summed E-state index contributed by atoms with van der Waals surface area (Å²) in [4.78, 5) is 29.0. The van der Waals surface area contributed by atoms with Gasteiger partial charge in [-0.05, 0) is 62.2 Å². The normalized spacial score (nSPS) is 12.3. The molecule has 0 aromatic heterocycles. The zero-order chi connectivity index (χ0) is 34.4. The third kappa shape index (κ3) is 8.93. The van der Waals surface area contributed by atoms with Gasteiger partial charge in [-0.3, -0.25) is 13.9 Å². The van der Waals surface area contributed by atoms with Crippen molar-refractivity contribution < 1.29 is 31.2 Å². The van der Waals surface area contributed by atoms with Gasteiger partial charge in [0, 0.05) is 19.5 Å². The molecule has 4 aromatic carbocycles. The number of benzene rings is 4.